The second-order valence-corrected chi connectivity index (χ2v) is 6.41. The summed E-state index contributed by atoms with van der Waals surface area (Å²) in [5, 5.41) is 0. The Hall–Kier alpha value is -1.91. The van der Waals surface area contributed by atoms with Crippen molar-refractivity contribution in [1.29, 1.82) is 0 Å². The van der Waals surface area contributed by atoms with Gasteiger partial charge in [0.1, 0.15) is 5.82 Å². The Labute approximate surface area is 129 Å². The van der Waals surface area contributed by atoms with E-state index in [2.05, 4.69) is 0 Å². The highest BCUT2D eigenvalue weighted by atomic mass is 19.1. The third kappa shape index (κ3) is 2.60. The van der Waals surface area contributed by atoms with E-state index in [0.717, 1.165) is 25.8 Å². The van der Waals surface area contributed by atoms with Gasteiger partial charge >= 0.3 is 0 Å². The monoisotopic (exact) mass is 304 g/mol. The van der Waals surface area contributed by atoms with Crippen molar-refractivity contribution >= 4 is 11.8 Å². The maximum atomic E-state index is 13.3. The van der Waals surface area contributed by atoms with Crippen LogP contribution in [0.4, 0.5) is 4.39 Å². The lowest BCUT2D eigenvalue weighted by molar-refractivity contribution is -0.135. The molecule has 1 atom stereocenters. The molecule has 4 nitrogen and oxygen atoms in total. The summed E-state index contributed by atoms with van der Waals surface area (Å²) in [5.74, 6) is -0.326. The molecule has 0 bridgehead atoms. The van der Waals surface area contributed by atoms with Gasteiger partial charge in [0.25, 0.3) is 5.91 Å². The van der Waals surface area contributed by atoms with E-state index in [9.17, 15) is 14.0 Å². The van der Waals surface area contributed by atoms with Gasteiger partial charge in [0, 0.05) is 32.2 Å². The predicted molar refractivity (Wildman–Crippen MR) is 80.8 cm³/mol. The molecule has 3 rings (SSSR count). The first kappa shape index (κ1) is 15.0. The van der Waals surface area contributed by atoms with Gasteiger partial charge in [-0.1, -0.05) is 6.07 Å². The largest absolute Gasteiger partial charge is 0.345 e. The molecule has 0 N–H and O–H groups in total. The van der Waals surface area contributed by atoms with E-state index in [1.54, 1.807) is 21.9 Å². The Morgan fingerprint density at radius 1 is 1.18 bits per heavy atom. The molecule has 1 aromatic carbocycles. The average molecular weight is 304 g/mol. The number of hydrogen-bond acceptors (Lipinski definition) is 2. The molecule has 0 saturated carbocycles. The lowest BCUT2D eigenvalue weighted by Gasteiger charge is -2.25. The summed E-state index contributed by atoms with van der Waals surface area (Å²) in [6, 6.07) is 5.80. The summed E-state index contributed by atoms with van der Waals surface area (Å²) in [7, 11) is 1.84. The Morgan fingerprint density at radius 2 is 1.95 bits per heavy atom. The number of benzene rings is 1. The molecule has 2 aliphatic heterocycles. The molecule has 1 spiro atoms. The minimum absolute atomic E-state index is 0.143. The number of amides is 2. The lowest BCUT2D eigenvalue weighted by atomic mass is 9.79. The van der Waals surface area contributed by atoms with Gasteiger partial charge in [0.05, 0.1) is 5.41 Å². The first-order valence-electron chi connectivity index (χ1n) is 7.82. The molecule has 5 heteroatoms. The lowest BCUT2D eigenvalue weighted by Crippen LogP contribution is -2.35. The minimum Gasteiger partial charge on any atom is -0.345 e. The number of carbonyl (C=O) groups is 2. The maximum absolute atomic E-state index is 13.3. The van der Waals surface area contributed by atoms with Gasteiger partial charge in [-0.2, -0.15) is 0 Å². The molecule has 2 heterocycles. The van der Waals surface area contributed by atoms with E-state index < -0.39 is 5.82 Å². The van der Waals surface area contributed by atoms with Crippen LogP contribution >= 0.6 is 0 Å². The van der Waals surface area contributed by atoms with Crippen LogP contribution in [0.5, 0.6) is 0 Å². The third-order valence-electron chi connectivity index (χ3n) is 5.03. The standard InChI is InChI=1S/C17H21FN2O2/c1-19-10-7-17(16(19)22)6-3-9-20(11-8-17)15(21)13-4-2-5-14(18)12-13/h2,4-5,12H,3,6-11H2,1H3. The fraction of sp³-hybridized carbons (Fsp3) is 0.529. The van der Waals surface area contributed by atoms with Crippen LogP contribution in [0.1, 0.15) is 36.0 Å². The number of halogens is 1. The van der Waals surface area contributed by atoms with Crippen LogP contribution in [0.2, 0.25) is 0 Å². The topological polar surface area (TPSA) is 40.6 Å². The Bertz CT molecular complexity index is 604. The summed E-state index contributed by atoms with van der Waals surface area (Å²) in [5.41, 5.74) is 0.0944. The Morgan fingerprint density at radius 3 is 2.64 bits per heavy atom. The van der Waals surface area contributed by atoms with E-state index in [4.69, 9.17) is 0 Å². The Balaban J connectivity index is 1.73. The molecule has 0 radical (unpaired) electrons. The fourth-order valence-corrected chi connectivity index (χ4v) is 3.66. The quantitative estimate of drug-likeness (QED) is 0.799. The second kappa shape index (κ2) is 5.71. The zero-order chi connectivity index (χ0) is 15.7. The van der Waals surface area contributed by atoms with Gasteiger partial charge < -0.3 is 9.80 Å². The second-order valence-electron chi connectivity index (χ2n) is 6.41. The van der Waals surface area contributed by atoms with Crippen LogP contribution in [-0.4, -0.2) is 48.3 Å². The van der Waals surface area contributed by atoms with E-state index in [1.165, 1.54) is 12.1 Å². The van der Waals surface area contributed by atoms with Crippen LogP contribution in [0.3, 0.4) is 0 Å². The number of likely N-dealkylation sites (tertiary alicyclic amines) is 2. The van der Waals surface area contributed by atoms with Crippen LogP contribution in [-0.2, 0) is 4.79 Å². The van der Waals surface area contributed by atoms with Gasteiger partial charge in [-0.15, -0.1) is 0 Å². The first-order valence-corrected chi connectivity index (χ1v) is 7.82. The van der Waals surface area contributed by atoms with E-state index >= 15 is 0 Å². The highest BCUT2D eigenvalue weighted by Crippen LogP contribution is 2.41. The molecule has 2 amide bonds. The fourth-order valence-electron chi connectivity index (χ4n) is 3.66. The van der Waals surface area contributed by atoms with Crippen molar-refractivity contribution in [2.45, 2.75) is 25.7 Å². The van der Waals surface area contributed by atoms with Crippen LogP contribution in [0, 0.1) is 11.2 Å². The number of rotatable bonds is 1. The third-order valence-corrected chi connectivity index (χ3v) is 5.03. The zero-order valence-electron chi connectivity index (χ0n) is 12.8. The van der Waals surface area contributed by atoms with Gasteiger partial charge in [0.15, 0.2) is 0 Å². The van der Waals surface area contributed by atoms with Crippen LogP contribution in [0.15, 0.2) is 24.3 Å². The van der Waals surface area contributed by atoms with Crippen molar-refractivity contribution in [3.05, 3.63) is 35.6 Å². The molecule has 2 fully saturated rings. The molecule has 0 aliphatic carbocycles. The molecule has 2 aliphatic rings. The summed E-state index contributed by atoms with van der Waals surface area (Å²) in [6.07, 6.45) is 3.24. The number of carbonyl (C=O) groups excluding carboxylic acids is 2. The predicted octanol–water partition coefficient (Wildman–Crippen LogP) is 2.30. The maximum Gasteiger partial charge on any atom is 0.253 e. The number of nitrogens with zero attached hydrogens (tertiary/aromatic N) is 2. The highest BCUT2D eigenvalue weighted by Gasteiger charge is 2.45. The van der Waals surface area contributed by atoms with E-state index in [1.807, 2.05) is 7.05 Å². The molecule has 1 unspecified atom stereocenters. The zero-order valence-corrected chi connectivity index (χ0v) is 12.8. The van der Waals surface area contributed by atoms with Crippen molar-refractivity contribution in [3.63, 3.8) is 0 Å². The molecular formula is C17H21FN2O2. The normalized spacial score (nSPS) is 25.6. The summed E-state index contributed by atoms with van der Waals surface area (Å²) >= 11 is 0. The van der Waals surface area contributed by atoms with Crippen LogP contribution < -0.4 is 0 Å². The van der Waals surface area contributed by atoms with Crippen molar-refractivity contribution in [3.8, 4) is 0 Å². The molecule has 118 valence electrons. The van der Waals surface area contributed by atoms with E-state index in [-0.39, 0.29) is 17.2 Å². The molecular weight excluding hydrogens is 283 g/mol. The van der Waals surface area contributed by atoms with Crippen molar-refractivity contribution in [1.82, 2.24) is 9.80 Å². The Kier molecular flexibility index (Phi) is 3.89. The SMILES string of the molecule is CN1CCC2(CCCN(C(=O)c3cccc(F)c3)CC2)C1=O. The average Bonchev–Trinajstić information content (AvgIpc) is 2.70. The number of hydrogen-bond donors (Lipinski definition) is 0. The minimum atomic E-state index is -0.398. The summed E-state index contributed by atoms with van der Waals surface area (Å²) in [4.78, 5) is 28.5. The smallest absolute Gasteiger partial charge is 0.253 e. The molecule has 22 heavy (non-hydrogen) atoms. The van der Waals surface area contributed by atoms with Crippen molar-refractivity contribution < 1.29 is 14.0 Å². The van der Waals surface area contributed by atoms with Crippen molar-refractivity contribution in [2.24, 2.45) is 5.41 Å². The van der Waals surface area contributed by atoms with Gasteiger partial charge in [0.2, 0.25) is 5.91 Å². The first-order chi connectivity index (χ1) is 10.5. The molecule has 1 aromatic rings. The van der Waals surface area contributed by atoms with Gasteiger partial charge in [-0.25, -0.2) is 4.39 Å². The molecule has 0 aromatic heterocycles. The van der Waals surface area contributed by atoms with Crippen molar-refractivity contribution in [2.75, 3.05) is 26.7 Å². The highest BCUT2D eigenvalue weighted by molar-refractivity contribution is 5.94. The van der Waals surface area contributed by atoms with Crippen LogP contribution in [0.25, 0.3) is 0 Å². The molecule has 2 saturated heterocycles. The van der Waals surface area contributed by atoms with Gasteiger partial charge in [-0.05, 0) is 43.9 Å². The van der Waals surface area contributed by atoms with Gasteiger partial charge in [-0.3, -0.25) is 9.59 Å². The summed E-state index contributed by atoms with van der Waals surface area (Å²) in [6.45, 7) is 2.00. The summed E-state index contributed by atoms with van der Waals surface area (Å²) < 4.78 is 13.3. The van der Waals surface area contributed by atoms with E-state index in [0.29, 0.717) is 25.1 Å².